The van der Waals surface area contributed by atoms with Gasteiger partial charge in [-0.15, -0.1) is 0 Å². The van der Waals surface area contributed by atoms with E-state index < -0.39 is 0 Å². The third kappa shape index (κ3) is 2.14. The molecule has 0 fully saturated rings. The number of aryl methyl sites for hydroxylation is 1. The van der Waals surface area contributed by atoms with Gasteiger partial charge in [0.15, 0.2) is 0 Å². The molecule has 1 heterocycles. The van der Waals surface area contributed by atoms with Crippen molar-refractivity contribution in [2.24, 2.45) is 5.73 Å². The van der Waals surface area contributed by atoms with Crippen LogP contribution in [-0.4, -0.2) is 10.2 Å². The van der Waals surface area contributed by atoms with Crippen LogP contribution in [0.5, 0.6) is 0 Å². The highest BCUT2D eigenvalue weighted by atomic mass is 15.1. The molecule has 16 heavy (non-hydrogen) atoms. The second-order valence-corrected chi connectivity index (χ2v) is 3.91. The topological polar surface area (TPSA) is 54.7 Å². The van der Waals surface area contributed by atoms with Gasteiger partial charge in [-0.1, -0.05) is 37.6 Å². The highest BCUT2D eigenvalue weighted by Crippen LogP contribution is 2.22. The van der Waals surface area contributed by atoms with E-state index in [1.165, 1.54) is 17.5 Å². The second-order valence-electron chi connectivity index (χ2n) is 3.91. The average molecular weight is 215 g/mol. The third-order valence-corrected chi connectivity index (χ3v) is 2.73. The zero-order valence-electron chi connectivity index (χ0n) is 9.53. The predicted molar refractivity (Wildman–Crippen MR) is 65.9 cm³/mol. The minimum absolute atomic E-state index is 0.492. The molecule has 0 radical (unpaired) electrons. The van der Waals surface area contributed by atoms with Crippen LogP contribution in [0.15, 0.2) is 30.5 Å². The van der Waals surface area contributed by atoms with Gasteiger partial charge in [0.05, 0.1) is 11.9 Å². The monoisotopic (exact) mass is 215 g/mol. The molecule has 3 heteroatoms. The Balaban J connectivity index is 2.27. The molecular formula is C13H17N3. The van der Waals surface area contributed by atoms with E-state index in [9.17, 15) is 0 Å². The number of nitrogens with one attached hydrogen (secondary N) is 1. The summed E-state index contributed by atoms with van der Waals surface area (Å²) in [4.78, 5) is 0. The Bertz CT molecular complexity index is 442. The predicted octanol–water partition coefficient (Wildman–Crippen LogP) is 2.49. The lowest BCUT2D eigenvalue weighted by molar-refractivity contribution is 0.922. The van der Waals surface area contributed by atoms with E-state index in [2.05, 4.69) is 41.4 Å². The first-order chi connectivity index (χ1) is 7.85. The number of aromatic nitrogens is 2. The zero-order chi connectivity index (χ0) is 11.4. The Hall–Kier alpha value is -1.61. The average Bonchev–Trinajstić information content (AvgIpc) is 2.78. The number of nitrogens with two attached hydrogens (primary N) is 1. The smallest absolute Gasteiger partial charge is 0.0569 e. The largest absolute Gasteiger partial charge is 0.325 e. The van der Waals surface area contributed by atoms with Crippen LogP contribution in [0.3, 0.4) is 0 Å². The molecule has 0 saturated carbocycles. The lowest BCUT2D eigenvalue weighted by Crippen LogP contribution is -1.98. The quantitative estimate of drug-likeness (QED) is 0.823. The van der Waals surface area contributed by atoms with Crippen LogP contribution in [0.1, 0.15) is 24.6 Å². The van der Waals surface area contributed by atoms with Crippen molar-refractivity contribution in [3.63, 3.8) is 0 Å². The van der Waals surface area contributed by atoms with Gasteiger partial charge in [0.1, 0.15) is 0 Å². The number of nitrogens with zero attached hydrogens (tertiary/aromatic N) is 1. The maximum Gasteiger partial charge on any atom is 0.0569 e. The van der Waals surface area contributed by atoms with Crippen molar-refractivity contribution < 1.29 is 0 Å². The van der Waals surface area contributed by atoms with Crippen LogP contribution < -0.4 is 5.73 Å². The van der Waals surface area contributed by atoms with Crippen LogP contribution >= 0.6 is 0 Å². The summed E-state index contributed by atoms with van der Waals surface area (Å²) in [6.45, 7) is 2.68. The zero-order valence-corrected chi connectivity index (χ0v) is 9.53. The van der Waals surface area contributed by atoms with Crippen molar-refractivity contribution in [1.29, 1.82) is 0 Å². The summed E-state index contributed by atoms with van der Waals surface area (Å²) in [6, 6.07) is 8.61. The van der Waals surface area contributed by atoms with E-state index >= 15 is 0 Å². The first kappa shape index (κ1) is 10.9. The maximum atomic E-state index is 5.64. The van der Waals surface area contributed by atoms with Crippen molar-refractivity contribution in [3.8, 4) is 11.1 Å². The number of hydrogen-bond donors (Lipinski definition) is 2. The molecule has 3 N–H and O–H groups in total. The van der Waals surface area contributed by atoms with Gasteiger partial charge in [-0.25, -0.2) is 0 Å². The normalized spacial score (nSPS) is 10.6. The van der Waals surface area contributed by atoms with Gasteiger partial charge in [-0.2, -0.15) is 5.10 Å². The maximum absolute atomic E-state index is 5.64. The van der Waals surface area contributed by atoms with Crippen molar-refractivity contribution >= 4 is 0 Å². The molecule has 0 aliphatic rings. The minimum atomic E-state index is 0.492. The summed E-state index contributed by atoms with van der Waals surface area (Å²) in [5.74, 6) is 0. The molecule has 1 aromatic heterocycles. The Morgan fingerprint density at radius 3 is 2.62 bits per heavy atom. The van der Waals surface area contributed by atoms with Crippen LogP contribution in [0.25, 0.3) is 11.1 Å². The molecule has 0 saturated heterocycles. The SMILES string of the molecule is CCCc1ccc(-c2cn[nH]c2CN)cc1. The number of benzene rings is 1. The first-order valence-electron chi connectivity index (χ1n) is 5.66. The van der Waals surface area contributed by atoms with E-state index in [4.69, 9.17) is 5.73 Å². The summed E-state index contributed by atoms with van der Waals surface area (Å²) >= 11 is 0. The lowest BCUT2D eigenvalue weighted by atomic mass is 10.0. The fraction of sp³-hybridized carbons (Fsp3) is 0.308. The molecule has 3 nitrogen and oxygen atoms in total. The highest BCUT2D eigenvalue weighted by molar-refractivity contribution is 5.65. The molecule has 0 aliphatic heterocycles. The lowest BCUT2D eigenvalue weighted by Gasteiger charge is -2.03. The molecule has 0 atom stereocenters. The molecule has 0 spiro atoms. The van der Waals surface area contributed by atoms with Crippen LogP contribution in [-0.2, 0) is 13.0 Å². The standard InChI is InChI=1S/C13H17N3/c1-2-3-10-4-6-11(7-5-10)12-9-15-16-13(12)8-14/h4-7,9H,2-3,8,14H2,1H3,(H,15,16). The molecule has 0 aliphatic carbocycles. The van der Waals surface area contributed by atoms with Crippen LogP contribution in [0.4, 0.5) is 0 Å². The second kappa shape index (κ2) is 4.94. The van der Waals surface area contributed by atoms with Gasteiger partial charge >= 0.3 is 0 Å². The fourth-order valence-electron chi connectivity index (χ4n) is 1.86. The molecule has 84 valence electrons. The van der Waals surface area contributed by atoms with Gasteiger partial charge < -0.3 is 5.73 Å². The van der Waals surface area contributed by atoms with E-state index in [0.29, 0.717) is 6.54 Å². The highest BCUT2D eigenvalue weighted by Gasteiger charge is 2.05. The van der Waals surface area contributed by atoms with Crippen molar-refractivity contribution in [1.82, 2.24) is 10.2 Å². The molecule has 1 aromatic carbocycles. The van der Waals surface area contributed by atoms with E-state index in [1.54, 1.807) is 0 Å². The van der Waals surface area contributed by atoms with Gasteiger partial charge in [0.2, 0.25) is 0 Å². The molecule has 0 bridgehead atoms. The number of hydrogen-bond acceptors (Lipinski definition) is 2. The summed E-state index contributed by atoms with van der Waals surface area (Å²) in [5, 5.41) is 6.94. The minimum Gasteiger partial charge on any atom is -0.325 e. The molecular weight excluding hydrogens is 198 g/mol. The van der Waals surface area contributed by atoms with Gasteiger partial charge in [0, 0.05) is 12.1 Å². The Morgan fingerprint density at radius 1 is 1.25 bits per heavy atom. The Kier molecular flexibility index (Phi) is 3.37. The van der Waals surface area contributed by atoms with Crippen LogP contribution in [0, 0.1) is 0 Å². The van der Waals surface area contributed by atoms with Crippen molar-refractivity contribution in [3.05, 3.63) is 41.7 Å². The number of H-pyrrole nitrogens is 1. The van der Waals surface area contributed by atoms with E-state index in [1.807, 2.05) is 6.20 Å². The van der Waals surface area contributed by atoms with Gasteiger partial charge in [-0.05, 0) is 17.5 Å². The summed E-state index contributed by atoms with van der Waals surface area (Å²) in [7, 11) is 0. The van der Waals surface area contributed by atoms with Crippen molar-refractivity contribution in [2.75, 3.05) is 0 Å². The Morgan fingerprint density at radius 2 is 2.00 bits per heavy atom. The van der Waals surface area contributed by atoms with E-state index in [-0.39, 0.29) is 0 Å². The third-order valence-electron chi connectivity index (χ3n) is 2.73. The molecule has 0 amide bonds. The Labute approximate surface area is 95.7 Å². The molecule has 0 unspecified atom stereocenters. The number of aromatic amines is 1. The summed E-state index contributed by atoms with van der Waals surface area (Å²) in [6.07, 6.45) is 4.14. The van der Waals surface area contributed by atoms with Crippen LogP contribution in [0.2, 0.25) is 0 Å². The summed E-state index contributed by atoms with van der Waals surface area (Å²) < 4.78 is 0. The summed E-state index contributed by atoms with van der Waals surface area (Å²) in [5.41, 5.74) is 10.3. The first-order valence-corrected chi connectivity index (χ1v) is 5.66. The number of rotatable bonds is 4. The van der Waals surface area contributed by atoms with Crippen molar-refractivity contribution in [2.45, 2.75) is 26.3 Å². The van der Waals surface area contributed by atoms with Gasteiger partial charge in [0.25, 0.3) is 0 Å². The fourth-order valence-corrected chi connectivity index (χ4v) is 1.86. The molecule has 2 aromatic rings. The van der Waals surface area contributed by atoms with Gasteiger partial charge in [-0.3, -0.25) is 5.10 Å². The van der Waals surface area contributed by atoms with E-state index in [0.717, 1.165) is 17.7 Å². The molecule has 2 rings (SSSR count).